The molecule has 1 heterocycles. The molecule has 0 radical (unpaired) electrons. The number of rotatable bonds is 6. The van der Waals surface area contributed by atoms with Gasteiger partial charge in [-0.15, -0.1) is 0 Å². The van der Waals surface area contributed by atoms with Gasteiger partial charge < -0.3 is 4.18 Å². The van der Waals surface area contributed by atoms with Crippen LogP contribution in [-0.4, -0.2) is 24.0 Å². The van der Waals surface area contributed by atoms with Gasteiger partial charge >= 0.3 is 10.1 Å². The highest BCUT2D eigenvalue weighted by molar-refractivity contribution is 7.87. The van der Waals surface area contributed by atoms with Crippen molar-refractivity contribution < 1.29 is 12.6 Å². The summed E-state index contributed by atoms with van der Waals surface area (Å²) in [6.07, 6.45) is 1.52. The molecule has 0 N–H and O–H groups in total. The molecule has 0 aliphatic carbocycles. The Labute approximate surface area is 192 Å². The number of benzene rings is 3. The van der Waals surface area contributed by atoms with Crippen LogP contribution in [0.2, 0.25) is 0 Å². The van der Waals surface area contributed by atoms with Crippen LogP contribution in [0.25, 0.3) is 5.69 Å². The van der Waals surface area contributed by atoms with Crippen LogP contribution >= 0.6 is 0 Å². The quantitative estimate of drug-likeness (QED) is 0.316. The Morgan fingerprint density at radius 2 is 1.61 bits per heavy atom. The zero-order valence-corrected chi connectivity index (χ0v) is 19.3. The lowest BCUT2D eigenvalue weighted by Crippen LogP contribution is -2.19. The van der Waals surface area contributed by atoms with Crippen molar-refractivity contribution in [1.82, 2.24) is 9.36 Å². The average Bonchev–Trinajstić information content (AvgIpc) is 3.01. The molecule has 0 spiro atoms. The molecule has 0 unspecified atom stereocenters. The van der Waals surface area contributed by atoms with E-state index in [-0.39, 0.29) is 16.2 Å². The molecule has 1 aromatic heterocycles. The number of hydrogen-bond acceptors (Lipinski definition) is 5. The second-order valence-corrected chi connectivity index (χ2v) is 9.14. The van der Waals surface area contributed by atoms with Gasteiger partial charge in [0.25, 0.3) is 5.56 Å². The Morgan fingerprint density at radius 3 is 2.30 bits per heavy atom. The van der Waals surface area contributed by atoms with E-state index < -0.39 is 10.1 Å². The van der Waals surface area contributed by atoms with E-state index >= 15 is 0 Å². The summed E-state index contributed by atoms with van der Waals surface area (Å²) in [4.78, 5) is 17.5. The van der Waals surface area contributed by atoms with Gasteiger partial charge in [-0.2, -0.15) is 8.42 Å². The van der Waals surface area contributed by atoms with Crippen molar-refractivity contribution in [3.8, 4) is 11.4 Å². The van der Waals surface area contributed by atoms with Gasteiger partial charge in [-0.25, -0.2) is 9.67 Å². The van der Waals surface area contributed by atoms with E-state index in [9.17, 15) is 13.2 Å². The van der Waals surface area contributed by atoms with E-state index in [2.05, 4.69) is 4.99 Å². The summed E-state index contributed by atoms with van der Waals surface area (Å²) in [6.45, 7) is 3.70. The zero-order valence-electron chi connectivity index (χ0n) is 18.5. The molecule has 8 heteroatoms. The summed E-state index contributed by atoms with van der Waals surface area (Å²) >= 11 is 0. The molecule has 3 aromatic carbocycles. The highest BCUT2D eigenvalue weighted by Gasteiger charge is 2.17. The number of para-hydroxylation sites is 1. The van der Waals surface area contributed by atoms with Crippen LogP contribution in [0.1, 0.15) is 16.8 Å². The SMILES string of the molecule is Cc1ccc(S(=O)(=O)Oc2cccc(C=Nc3c(C)n(C)n(-c4ccccc4)c3=O)c2)cc1. The molecule has 0 bridgehead atoms. The number of aromatic nitrogens is 2. The number of aryl methyl sites for hydroxylation is 1. The fourth-order valence-corrected chi connectivity index (χ4v) is 4.29. The molecule has 0 saturated carbocycles. The molecule has 4 aromatic rings. The maximum Gasteiger partial charge on any atom is 0.339 e. The highest BCUT2D eigenvalue weighted by atomic mass is 32.2. The number of hydrogen-bond donors (Lipinski definition) is 0. The van der Waals surface area contributed by atoms with Crippen molar-refractivity contribution in [2.45, 2.75) is 18.7 Å². The summed E-state index contributed by atoms with van der Waals surface area (Å²) in [7, 11) is -2.16. The van der Waals surface area contributed by atoms with Crippen molar-refractivity contribution in [3.63, 3.8) is 0 Å². The second kappa shape index (κ2) is 8.91. The van der Waals surface area contributed by atoms with Crippen LogP contribution < -0.4 is 9.74 Å². The highest BCUT2D eigenvalue weighted by Crippen LogP contribution is 2.21. The third-order valence-electron chi connectivity index (χ3n) is 5.24. The summed E-state index contributed by atoms with van der Waals surface area (Å²) in [5.74, 6) is 0.158. The largest absolute Gasteiger partial charge is 0.379 e. The van der Waals surface area contributed by atoms with E-state index in [1.54, 1.807) is 52.8 Å². The zero-order chi connectivity index (χ0) is 23.6. The topological polar surface area (TPSA) is 82.7 Å². The molecule has 0 atom stereocenters. The smallest absolute Gasteiger partial charge is 0.339 e. The Balaban J connectivity index is 1.61. The minimum absolute atomic E-state index is 0.0774. The van der Waals surface area contributed by atoms with Gasteiger partial charge in [0.1, 0.15) is 10.6 Å². The van der Waals surface area contributed by atoms with Crippen LogP contribution in [0.3, 0.4) is 0 Å². The second-order valence-electron chi connectivity index (χ2n) is 7.59. The molecule has 4 rings (SSSR count). The first kappa shape index (κ1) is 22.3. The first-order valence-corrected chi connectivity index (χ1v) is 11.7. The van der Waals surface area contributed by atoms with Crippen LogP contribution in [0.5, 0.6) is 5.75 Å². The van der Waals surface area contributed by atoms with Crippen molar-refractivity contribution in [2.24, 2.45) is 12.0 Å². The third kappa shape index (κ3) is 4.65. The standard InChI is InChI=1S/C25H23N3O4S/c1-18-12-14-23(15-13-18)33(30,31)32-22-11-7-8-20(16-22)17-26-24-19(2)27(3)28(25(24)29)21-9-5-4-6-10-21/h4-17H,1-3H3. The van der Waals surface area contributed by atoms with E-state index in [0.717, 1.165) is 11.3 Å². The van der Waals surface area contributed by atoms with E-state index in [1.807, 2.05) is 44.2 Å². The minimum Gasteiger partial charge on any atom is -0.379 e. The average molecular weight is 462 g/mol. The summed E-state index contributed by atoms with van der Waals surface area (Å²) < 4.78 is 33.7. The number of nitrogens with zero attached hydrogens (tertiary/aromatic N) is 3. The molecule has 0 amide bonds. The lowest BCUT2D eigenvalue weighted by Gasteiger charge is -2.07. The Bertz CT molecular complexity index is 1480. The van der Waals surface area contributed by atoms with Gasteiger partial charge in [-0.05, 0) is 55.8 Å². The molecule has 0 aliphatic rings. The first-order chi connectivity index (χ1) is 15.8. The molecule has 0 aliphatic heterocycles. The van der Waals surface area contributed by atoms with Crippen LogP contribution in [-0.2, 0) is 17.2 Å². The van der Waals surface area contributed by atoms with Crippen molar-refractivity contribution in [1.29, 1.82) is 0 Å². The fraction of sp³-hybridized carbons (Fsp3) is 0.120. The minimum atomic E-state index is -3.96. The Morgan fingerprint density at radius 1 is 0.909 bits per heavy atom. The van der Waals surface area contributed by atoms with Crippen LogP contribution in [0.4, 0.5) is 5.69 Å². The van der Waals surface area contributed by atoms with E-state index in [0.29, 0.717) is 16.9 Å². The molecule has 7 nitrogen and oxygen atoms in total. The fourth-order valence-electron chi connectivity index (χ4n) is 3.37. The summed E-state index contributed by atoms with van der Waals surface area (Å²) in [5, 5.41) is 0. The molecule has 168 valence electrons. The van der Waals surface area contributed by atoms with E-state index in [4.69, 9.17) is 4.18 Å². The Hall–Kier alpha value is -3.91. The normalized spacial score (nSPS) is 11.7. The van der Waals surface area contributed by atoms with Gasteiger partial charge in [-0.3, -0.25) is 9.48 Å². The van der Waals surface area contributed by atoms with Gasteiger partial charge in [0, 0.05) is 13.3 Å². The van der Waals surface area contributed by atoms with Gasteiger partial charge in [0.15, 0.2) is 5.69 Å². The van der Waals surface area contributed by atoms with E-state index in [1.165, 1.54) is 18.3 Å². The molecule has 33 heavy (non-hydrogen) atoms. The molecule has 0 saturated heterocycles. The maximum absolute atomic E-state index is 13.0. The third-order valence-corrected chi connectivity index (χ3v) is 6.50. The summed E-state index contributed by atoms with van der Waals surface area (Å²) in [6, 6.07) is 22.3. The van der Waals surface area contributed by atoms with Gasteiger partial charge in [0.05, 0.1) is 11.4 Å². The lowest BCUT2D eigenvalue weighted by molar-refractivity contribution is 0.486. The lowest BCUT2D eigenvalue weighted by atomic mass is 10.2. The predicted octanol–water partition coefficient (Wildman–Crippen LogP) is 4.31. The van der Waals surface area contributed by atoms with Crippen LogP contribution in [0.15, 0.2) is 93.5 Å². The van der Waals surface area contributed by atoms with Crippen molar-refractivity contribution in [2.75, 3.05) is 0 Å². The molecule has 0 fully saturated rings. The van der Waals surface area contributed by atoms with Gasteiger partial charge in [-0.1, -0.05) is 48.0 Å². The Kier molecular flexibility index (Phi) is 6.02. The number of aliphatic imine (C=N–C) groups is 1. The predicted molar refractivity (Wildman–Crippen MR) is 128 cm³/mol. The first-order valence-electron chi connectivity index (χ1n) is 10.3. The van der Waals surface area contributed by atoms with Crippen molar-refractivity contribution in [3.05, 3.63) is 106 Å². The van der Waals surface area contributed by atoms with Gasteiger partial charge in [0.2, 0.25) is 0 Å². The monoisotopic (exact) mass is 461 g/mol. The van der Waals surface area contributed by atoms with Crippen LogP contribution in [0, 0.1) is 13.8 Å². The van der Waals surface area contributed by atoms with Crippen molar-refractivity contribution >= 4 is 22.0 Å². The molecular weight excluding hydrogens is 438 g/mol. The molecular formula is C25H23N3O4S. The maximum atomic E-state index is 13.0. The summed E-state index contributed by atoms with van der Waals surface area (Å²) in [5.41, 5.74) is 3.06.